The van der Waals surface area contributed by atoms with Crippen LogP contribution < -0.4 is 4.74 Å². The lowest BCUT2D eigenvalue weighted by Gasteiger charge is -2.42. The van der Waals surface area contributed by atoms with Crippen molar-refractivity contribution in [2.75, 3.05) is 0 Å². The van der Waals surface area contributed by atoms with Gasteiger partial charge >= 0.3 is 0 Å². The predicted molar refractivity (Wildman–Crippen MR) is 235 cm³/mol. The van der Waals surface area contributed by atoms with E-state index in [2.05, 4.69) is 214 Å². The number of ether oxygens (including phenoxy) is 1. The van der Waals surface area contributed by atoms with Crippen molar-refractivity contribution in [3.05, 3.63) is 256 Å². The van der Waals surface area contributed by atoms with Crippen molar-refractivity contribution < 1.29 is 4.74 Å². The van der Waals surface area contributed by atoms with Crippen LogP contribution in [-0.4, -0.2) is 0 Å². The Morgan fingerprint density at radius 3 is 1.88 bits per heavy atom. The summed E-state index contributed by atoms with van der Waals surface area (Å²) in [5.41, 5.74) is 15.5. The Morgan fingerprint density at radius 1 is 0.509 bits per heavy atom. The average Bonchev–Trinajstić information content (AvgIpc) is 3.57. The molecule has 2 unspecified atom stereocenters. The summed E-state index contributed by atoms with van der Waals surface area (Å²) in [6, 6.07) is 69.4. The maximum Gasteiger partial charge on any atom is 0.133 e. The Labute approximate surface area is 335 Å². The Balaban J connectivity index is 1.17. The van der Waals surface area contributed by atoms with Crippen LogP contribution in [0.15, 0.2) is 206 Å². The molecule has 8 aromatic carbocycles. The van der Waals surface area contributed by atoms with Gasteiger partial charge in [-0.2, -0.15) is 0 Å². The van der Waals surface area contributed by atoms with Gasteiger partial charge in [0.15, 0.2) is 0 Å². The van der Waals surface area contributed by atoms with Gasteiger partial charge in [-0.1, -0.05) is 189 Å². The zero-order chi connectivity index (χ0) is 38.1. The van der Waals surface area contributed by atoms with Crippen LogP contribution in [0.2, 0.25) is 0 Å². The first-order chi connectivity index (χ1) is 28.1. The molecule has 0 fully saturated rings. The minimum Gasteiger partial charge on any atom is -0.457 e. The molecular formula is C56H42O. The third kappa shape index (κ3) is 4.82. The van der Waals surface area contributed by atoms with E-state index in [1.165, 1.54) is 72.0 Å². The Hall–Kier alpha value is -6.70. The lowest BCUT2D eigenvalue weighted by Crippen LogP contribution is -2.35. The minimum absolute atomic E-state index is 0.438. The van der Waals surface area contributed by atoms with E-state index in [4.69, 9.17) is 4.74 Å². The molecule has 0 saturated heterocycles. The van der Waals surface area contributed by atoms with Gasteiger partial charge in [0.25, 0.3) is 0 Å². The van der Waals surface area contributed by atoms with Crippen LogP contribution in [-0.2, 0) is 10.8 Å². The van der Waals surface area contributed by atoms with E-state index in [1.54, 1.807) is 0 Å². The number of allylic oxidation sites excluding steroid dienone is 4. The summed E-state index contributed by atoms with van der Waals surface area (Å²) in [6.45, 7) is 4.62. The highest BCUT2D eigenvalue weighted by molar-refractivity contribution is 6.01. The number of fused-ring (bicyclic) bond motifs is 6. The van der Waals surface area contributed by atoms with Gasteiger partial charge in [-0.3, -0.25) is 0 Å². The van der Waals surface area contributed by atoms with Crippen LogP contribution in [0.1, 0.15) is 63.4 Å². The van der Waals surface area contributed by atoms with Crippen molar-refractivity contribution in [1.29, 1.82) is 0 Å². The molecule has 0 spiro atoms. The van der Waals surface area contributed by atoms with E-state index in [0.717, 1.165) is 29.0 Å². The van der Waals surface area contributed by atoms with Crippen LogP contribution >= 0.6 is 0 Å². The molecule has 11 rings (SSSR count). The van der Waals surface area contributed by atoms with Crippen molar-refractivity contribution in [2.24, 2.45) is 5.92 Å². The molecule has 2 aliphatic carbocycles. The zero-order valence-corrected chi connectivity index (χ0v) is 32.2. The maximum atomic E-state index is 7.00. The van der Waals surface area contributed by atoms with Crippen LogP contribution in [0.4, 0.5) is 0 Å². The topological polar surface area (TPSA) is 9.23 Å². The molecule has 0 N–H and O–H groups in total. The molecule has 1 heteroatoms. The average molecular weight is 731 g/mol. The molecule has 57 heavy (non-hydrogen) atoms. The summed E-state index contributed by atoms with van der Waals surface area (Å²) in [5.74, 6) is 2.22. The van der Waals surface area contributed by atoms with Crippen LogP contribution in [0.25, 0.3) is 27.5 Å². The highest BCUT2D eigenvalue weighted by Gasteiger charge is 2.50. The number of aryl methyl sites for hydroxylation is 1. The lowest BCUT2D eigenvalue weighted by molar-refractivity contribution is 0.433. The van der Waals surface area contributed by atoms with Crippen molar-refractivity contribution in [3.63, 3.8) is 0 Å². The number of hydrogen-bond donors (Lipinski definition) is 0. The molecule has 3 aliphatic rings. The molecule has 0 aromatic heterocycles. The second kappa shape index (κ2) is 12.9. The molecule has 0 bridgehead atoms. The van der Waals surface area contributed by atoms with Gasteiger partial charge in [0.2, 0.25) is 0 Å². The summed E-state index contributed by atoms with van der Waals surface area (Å²) in [7, 11) is 0. The van der Waals surface area contributed by atoms with E-state index in [1.807, 2.05) is 0 Å². The number of hydrogen-bond acceptors (Lipinski definition) is 1. The fraction of sp³-hybridized carbons (Fsp3) is 0.107. The molecule has 2 atom stereocenters. The standard InChI is InChI=1S/C56H42O/c1-37-29-31-47-48-32-30-39-17-12-13-26-46(39)54(48)56(50(47)33-37,44-23-10-5-11-24-44)45-25-16-18-40(35-45)41-34-38(2)53-52(36-41)57-51-28-15-14-27-49(51)55(53,42-19-6-3-7-20-42)43-21-8-4-9-22-43/h3-32,34-37H,33H2,1-2H3. The number of benzene rings is 8. The van der Waals surface area contributed by atoms with Gasteiger partial charge < -0.3 is 4.74 Å². The second-order valence-electron chi connectivity index (χ2n) is 16.1. The molecule has 1 heterocycles. The summed E-state index contributed by atoms with van der Waals surface area (Å²) >= 11 is 0. The molecule has 0 saturated carbocycles. The Bertz CT molecular complexity index is 2880. The Kier molecular flexibility index (Phi) is 7.63. The highest BCUT2D eigenvalue weighted by atomic mass is 16.5. The molecule has 1 aliphatic heterocycles. The van der Waals surface area contributed by atoms with Crippen molar-refractivity contribution >= 4 is 16.3 Å². The first-order valence-corrected chi connectivity index (χ1v) is 20.2. The minimum atomic E-state index is -0.558. The van der Waals surface area contributed by atoms with Gasteiger partial charge in [0, 0.05) is 11.1 Å². The number of rotatable bonds is 5. The van der Waals surface area contributed by atoms with E-state index in [9.17, 15) is 0 Å². The van der Waals surface area contributed by atoms with Crippen molar-refractivity contribution in [2.45, 2.75) is 31.1 Å². The van der Waals surface area contributed by atoms with Gasteiger partial charge in [0.05, 0.1) is 10.8 Å². The maximum absolute atomic E-state index is 7.00. The van der Waals surface area contributed by atoms with Crippen LogP contribution in [0, 0.1) is 12.8 Å². The molecular weight excluding hydrogens is 689 g/mol. The van der Waals surface area contributed by atoms with Gasteiger partial charge in [-0.25, -0.2) is 0 Å². The van der Waals surface area contributed by atoms with Gasteiger partial charge in [-0.15, -0.1) is 0 Å². The first-order valence-electron chi connectivity index (χ1n) is 20.2. The van der Waals surface area contributed by atoms with Gasteiger partial charge in [-0.05, 0) is 109 Å². The summed E-state index contributed by atoms with van der Waals surface area (Å²) in [4.78, 5) is 0. The fourth-order valence-corrected chi connectivity index (χ4v) is 10.7. The SMILES string of the molecule is Cc1cc(-c2cccc(C3(c4ccccc4)C4=C(C=CC(C)C4)c4ccc5ccccc5c43)c2)cc2c1C(c1ccccc1)(c1ccccc1)c1ccccc1O2. The smallest absolute Gasteiger partial charge is 0.133 e. The predicted octanol–water partition coefficient (Wildman–Crippen LogP) is 14.0. The first kappa shape index (κ1) is 33.6. The van der Waals surface area contributed by atoms with E-state index >= 15 is 0 Å². The van der Waals surface area contributed by atoms with Crippen LogP contribution in [0.5, 0.6) is 11.5 Å². The molecule has 272 valence electrons. The fourth-order valence-electron chi connectivity index (χ4n) is 10.7. The highest BCUT2D eigenvalue weighted by Crippen LogP contribution is 2.61. The summed E-state index contributed by atoms with van der Waals surface area (Å²) in [5, 5.41) is 2.59. The number of para-hydroxylation sites is 1. The third-order valence-electron chi connectivity index (χ3n) is 12.9. The molecule has 1 nitrogen and oxygen atoms in total. The summed E-state index contributed by atoms with van der Waals surface area (Å²) < 4.78 is 7.00. The zero-order valence-electron chi connectivity index (χ0n) is 32.2. The van der Waals surface area contributed by atoms with Crippen molar-refractivity contribution in [1.82, 2.24) is 0 Å². The van der Waals surface area contributed by atoms with Gasteiger partial charge in [0.1, 0.15) is 11.5 Å². The van der Waals surface area contributed by atoms with E-state index < -0.39 is 10.8 Å². The lowest BCUT2D eigenvalue weighted by atomic mass is 9.62. The quantitative estimate of drug-likeness (QED) is 0.171. The van der Waals surface area contributed by atoms with Crippen LogP contribution in [0.3, 0.4) is 0 Å². The van der Waals surface area contributed by atoms with Crippen molar-refractivity contribution in [3.8, 4) is 22.6 Å². The largest absolute Gasteiger partial charge is 0.457 e. The summed E-state index contributed by atoms with van der Waals surface area (Å²) in [6.07, 6.45) is 5.80. The normalized spacial score (nSPS) is 18.7. The van der Waals surface area contributed by atoms with E-state index in [0.29, 0.717) is 5.92 Å². The molecule has 0 amide bonds. The monoisotopic (exact) mass is 730 g/mol. The third-order valence-corrected chi connectivity index (χ3v) is 12.9. The molecule has 8 aromatic rings. The second-order valence-corrected chi connectivity index (χ2v) is 16.1. The molecule has 0 radical (unpaired) electrons. The van der Waals surface area contributed by atoms with E-state index in [-0.39, 0.29) is 0 Å². The Morgan fingerprint density at radius 2 is 1.14 bits per heavy atom.